The number of rotatable bonds is 6. The first-order valence-corrected chi connectivity index (χ1v) is 6.45. The van der Waals surface area contributed by atoms with Gasteiger partial charge in [0.05, 0.1) is 4.92 Å². The molecule has 21 heavy (non-hydrogen) atoms. The van der Waals surface area contributed by atoms with Crippen LogP contribution in [0, 0.1) is 17.0 Å². The molecule has 0 aromatic heterocycles. The predicted molar refractivity (Wildman–Crippen MR) is 96.8 cm³/mol. The smallest absolute Gasteiger partial charge is 0.292 e. The molecule has 1 aromatic rings. The van der Waals surface area contributed by atoms with Crippen molar-refractivity contribution in [2.45, 2.75) is 13.3 Å². The van der Waals surface area contributed by atoms with Gasteiger partial charge in [0.1, 0.15) is 5.69 Å². The topological polar surface area (TPSA) is 91.6 Å². The zero-order chi connectivity index (χ0) is 15.0. The third-order valence-electron chi connectivity index (χ3n) is 2.77. The van der Waals surface area contributed by atoms with Crippen molar-refractivity contribution in [3.63, 3.8) is 0 Å². The van der Waals surface area contributed by atoms with Gasteiger partial charge < -0.3 is 16.0 Å². The highest BCUT2D eigenvalue weighted by Gasteiger charge is 2.12. The van der Waals surface area contributed by atoms with E-state index in [1.807, 2.05) is 13.0 Å². The van der Waals surface area contributed by atoms with Gasteiger partial charge in [-0.3, -0.25) is 15.1 Å². The summed E-state index contributed by atoms with van der Waals surface area (Å²) >= 11 is 0. The summed E-state index contributed by atoms with van der Waals surface area (Å²) in [5, 5.41) is 20.1. The van der Waals surface area contributed by atoms with E-state index < -0.39 is 0 Å². The minimum absolute atomic E-state index is 0. The molecule has 3 N–H and O–H groups in total. The number of nitrogens with one attached hydrogen (secondary N) is 3. The molecule has 0 aliphatic heterocycles. The number of nitrogens with zero attached hydrogens (tertiary/aromatic N) is 2. The van der Waals surface area contributed by atoms with Crippen LogP contribution in [0.4, 0.5) is 11.4 Å². The number of hydrogen-bond donors (Lipinski definition) is 3. The van der Waals surface area contributed by atoms with E-state index in [2.05, 4.69) is 20.9 Å². The van der Waals surface area contributed by atoms with Crippen molar-refractivity contribution >= 4 is 41.3 Å². The van der Waals surface area contributed by atoms with Crippen LogP contribution in [0.15, 0.2) is 23.2 Å². The maximum Gasteiger partial charge on any atom is 0.292 e. The Morgan fingerprint density at radius 3 is 2.67 bits per heavy atom. The molecule has 0 spiro atoms. The molecule has 7 nitrogen and oxygen atoms in total. The van der Waals surface area contributed by atoms with Gasteiger partial charge in [-0.05, 0) is 25.0 Å². The molecule has 0 aliphatic rings. The van der Waals surface area contributed by atoms with Crippen molar-refractivity contribution in [3.8, 4) is 0 Å². The largest absolute Gasteiger partial charge is 0.379 e. The van der Waals surface area contributed by atoms with E-state index in [1.54, 1.807) is 26.2 Å². The first kappa shape index (κ1) is 19.4. The Morgan fingerprint density at radius 2 is 2.10 bits per heavy atom. The number of hydrogen-bond acceptors (Lipinski definition) is 4. The number of nitro benzene ring substituents is 1. The van der Waals surface area contributed by atoms with E-state index in [9.17, 15) is 10.1 Å². The molecular weight excluding hydrogens is 385 g/mol. The van der Waals surface area contributed by atoms with Crippen LogP contribution in [0.5, 0.6) is 0 Å². The third kappa shape index (κ3) is 6.61. The lowest BCUT2D eigenvalue weighted by atomic mass is 10.2. The molecule has 8 heteroatoms. The Bertz CT molecular complexity index is 493. The summed E-state index contributed by atoms with van der Waals surface area (Å²) < 4.78 is 0. The number of halogens is 1. The Balaban J connectivity index is 0.00000400. The van der Waals surface area contributed by atoms with Crippen LogP contribution in [0.25, 0.3) is 0 Å². The number of aliphatic imine (C=N–C) groups is 1. The third-order valence-corrected chi connectivity index (χ3v) is 2.77. The van der Waals surface area contributed by atoms with Gasteiger partial charge in [0.2, 0.25) is 0 Å². The number of guanidine groups is 1. The maximum absolute atomic E-state index is 11.0. The lowest BCUT2D eigenvalue weighted by molar-refractivity contribution is -0.384. The van der Waals surface area contributed by atoms with Gasteiger partial charge in [-0.2, -0.15) is 0 Å². The monoisotopic (exact) mass is 407 g/mol. The summed E-state index contributed by atoms with van der Waals surface area (Å²) in [6.07, 6.45) is 0.825. The van der Waals surface area contributed by atoms with Gasteiger partial charge >= 0.3 is 0 Å². The molecule has 1 aromatic carbocycles. The molecule has 1 rings (SSSR count). The van der Waals surface area contributed by atoms with Crippen LogP contribution in [0.1, 0.15) is 12.0 Å². The molecule has 0 fully saturated rings. The lowest BCUT2D eigenvalue weighted by Crippen LogP contribution is -2.35. The second-order valence-corrected chi connectivity index (χ2v) is 4.31. The second kappa shape index (κ2) is 10.2. The van der Waals surface area contributed by atoms with Gasteiger partial charge in [-0.15, -0.1) is 24.0 Å². The maximum atomic E-state index is 11.0. The lowest BCUT2D eigenvalue weighted by Gasteiger charge is -2.10. The first-order valence-electron chi connectivity index (χ1n) is 6.45. The predicted octanol–water partition coefficient (Wildman–Crippen LogP) is 2.12. The Labute approximate surface area is 141 Å². The molecule has 0 saturated heterocycles. The standard InChI is InChI=1S/C13H21N5O2.HI/c1-10-5-6-11(12(9-10)18(19)20)16-7-4-8-17-13(14-2)15-3;/h5-6,9,16H,4,7-8H2,1-3H3,(H2,14,15,17);1H. The summed E-state index contributed by atoms with van der Waals surface area (Å²) in [6, 6.07) is 5.17. The molecule has 0 bridgehead atoms. The highest BCUT2D eigenvalue weighted by Crippen LogP contribution is 2.24. The van der Waals surface area contributed by atoms with E-state index in [1.165, 1.54) is 0 Å². The molecule has 118 valence electrons. The summed E-state index contributed by atoms with van der Waals surface area (Å²) in [7, 11) is 3.50. The summed E-state index contributed by atoms with van der Waals surface area (Å²) in [6.45, 7) is 3.22. The van der Waals surface area contributed by atoms with Gasteiger partial charge in [-0.25, -0.2) is 0 Å². The fourth-order valence-corrected chi connectivity index (χ4v) is 1.74. The van der Waals surface area contributed by atoms with E-state index >= 15 is 0 Å². The van der Waals surface area contributed by atoms with Gasteiger partial charge in [0.15, 0.2) is 5.96 Å². The van der Waals surface area contributed by atoms with Gasteiger partial charge in [0.25, 0.3) is 5.69 Å². The van der Waals surface area contributed by atoms with Crippen LogP contribution in [-0.4, -0.2) is 38.1 Å². The average Bonchev–Trinajstić information content (AvgIpc) is 2.44. The fourth-order valence-electron chi connectivity index (χ4n) is 1.74. The van der Waals surface area contributed by atoms with E-state index in [4.69, 9.17) is 0 Å². The SMILES string of the molecule is CN=C(NC)NCCCNc1ccc(C)cc1[N+](=O)[O-].I. The Hall–Kier alpha value is -1.58. The average molecular weight is 407 g/mol. The number of nitro groups is 1. The molecule has 0 saturated carbocycles. The molecule has 0 amide bonds. The molecule has 0 unspecified atom stereocenters. The molecule has 0 atom stereocenters. The van der Waals surface area contributed by atoms with Crippen LogP contribution in [-0.2, 0) is 0 Å². The van der Waals surface area contributed by atoms with Crippen molar-refractivity contribution in [1.82, 2.24) is 10.6 Å². The van der Waals surface area contributed by atoms with Gasteiger partial charge in [0, 0.05) is 33.3 Å². The minimum atomic E-state index is -0.365. The summed E-state index contributed by atoms with van der Waals surface area (Å²) in [5.41, 5.74) is 1.55. The van der Waals surface area contributed by atoms with E-state index in [-0.39, 0.29) is 34.6 Å². The zero-order valence-corrected chi connectivity index (χ0v) is 14.8. The summed E-state index contributed by atoms with van der Waals surface area (Å²) in [4.78, 5) is 14.6. The van der Waals surface area contributed by atoms with E-state index in [0.717, 1.165) is 24.5 Å². The second-order valence-electron chi connectivity index (χ2n) is 4.31. The Kier molecular flexibility index (Phi) is 9.42. The molecule has 0 aliphatic carbocycles. The minimum Gasteiger partial charge on any atom is -0.379 e. The molecule has 0 heterocycles. The van der Waals surface area contributed by atoms with Crippen LogP contribution in [0.2, 0.25) is 0 Å². The van der Waals surface area contributed by atoms with Crippen molar-refractivity contribution in [2.24, 2.45) is 4.99 Å². The van der Waals surface area contributed by atoms with Crippen LogP contribution in [0.3, 0.4) is 0 Å². The van der Waals surface area contributed by atoms with Crippen molar-refractivity contribution < 1.29 is 4.92 Å². The van der Waals surface area contributed by atoms with Crippen LogP contribution < -0.4 is 16.0 Å². The number of benzene rings is 1. The van der Waals surface area contributed by atoms with Crippen molar-refractivity contribution in [3.05, 3.63) is 33.9 Å². The quantitative estimate of drug-likeness (QED) is 0.168. The van der Waals surface area contributed by atoms with Gasteiger partial charge in [-0.1, -0.05) is 6.07 Å². The summed E-state index contributed by atoms with van der Waals surface area (Å²) in [5.74, 6) is 0.728. The van der Waals surface area contributed by atoms with E-state index in [0.29, 0.717) is 12.2 Å². The van der Waals surface area contributed by atoms with Crippen molar-refractivity contribution in [2.75, 3.05) is 32.5 Å². The van der Waals surface area contributed by atoms with Crippen molar-refractivity contribution in [1.29, 1.82) is 0 Å². The Morgan fingerprint density at radius 1 is 1.38 bits per heavy atom. The fraction of sp³-hybridized carbons (Fsp3) is 0.462. The first-order chi connectivity index (χ1) is 9.58. The molecule has 0 radical (unpaired) electrons. The number of anilines is 1. The highest BCUT2D eigenvalue weighted by molar-refractivity contribution is 14.0. The zero-order valence-electron chi connectivity index (χ0n) is 12.5. The number of aryl methyl sites for hydroxylation is 1. The van der Waals surface area contributed by atoms with Crippen LogP contribution >= 0.6 is 24.0 Å². The highest BCUT2D eigenvalue weighted by atomic mass is 127. The molecular formula is C13H22IN5O2. The normalized spacial score (nSPS) is 10.5.